The number of pyridine rings is 1. The Morgan fingerprint density at radius 1 is 1.07 bits per heavy atom. The highest BCUT2D eigenvalue weighted by atomic mass is 35.5. The van der Waals surface area contributed by atoms with Crippen molar-refractivity contribution in [2.24, 2.45) is 7.05 Å². The molecular formula is C22H18ClN3O3. The van der Waals surface area contributed by atoms with E-state index in [9.17, 15) is 9.59 Å². The Bertz CT molecular complexity index is 1280. The van der Waals surface area contributed by atoms with Gasteiger partial charge in [-0.3, -0.25) is 14.2 Å². The van der Waals surface area contributed by atoms with Gasteiger partial charge in [-0.2, -0.15) is 0 Å². The summed E-state index contributed by atoms with van der Waals surface area (Å²) in [4.78, 5) is 33.5. The summed E-state index contributed by atoms with van der Waals surface area (Å²) < 4.78 is 6.83. The number of hydrogen-bond donors (Lipinski definition) is 0. The van der Waals surface area contributed by atoms with E-state index >= 15 is 0 Å². The fourth-order valence-electron chi connectivity index (χ4n) is 3.17. The molecule has 0 atom stereocenters. The van der Waals surface area contributed by atoms with Gasteiger partial charge in [0.05, 0.1) is 22.8 Å². The molecule has 2 heterocycles. The molecule has 4 aromatic rings. The van der Waals surface area contributed by atoms with Crippen molar-refractivity contribution in [3.63, 3.8) is 0 Å². The van der Waals surface area contributed by atoms with Gasteiger partial charge in [0.15, 0.2) is 0 Å². The van der Waals surface area contributed by atoms with E-state index in [0.717, 1.165) is 10.9 Å². The maximum Gasteiger partial charge on any atom is 0.306 e. The van der Waals surface area contributed by atoms with Crippen molar-refractivity contribution >= 4 is 39.4 Å². The Labute approximate surface area is 171 Å². The average molecular weight is 408 g/mol. The SMILES string of the molecule is Cn1c(CCC(=O)OCc2cc3ccccc3nc2Cl)nc2ccccc2c1=O. The molecule has 0 saturated heterocycles. The van der Waals surface area contributed by atoms with Crippen molar-refractivity contribution in [1.29, 1.82) is 0 Å². The summed E-state index contributed by atoms with van der Waals surface area (Å²) in [5.41, 5.74) is 1.92. The molecular weight excluding hydrogens is 390 g/mol. The highest BCUT2D eigenvalue weighted by Gasteiger charge is 2.12. The lowest BCUT2D eigenvalue weighted by Crippen LogP contribution is -2.23. The molecule has 0 spiro atoms. The smallest absolute Gasteiger partial charge is 0.306 e. The second-order valence-corrected chi connectivity index (χ2v) is 7.06. The van der Waals surface area contributed by atoms with Crippen LogP contribution in [0.5, 0.6) is 0 Å². The number of aryl methyl sites for hydroxylation is 1. The number of rotatable bonds is 5. The molecule has 4 rings (SSSR count). The van der Waals surface area contributed by atoms with E-state index in [2.05, 4.69) is 9.97 Å². The van der Waals surface area contributed by atoms with Crippen LogP contribution in [0.3, 0.4) is 0 Å². The Morgan fingerprint density at radius 3 is 2.62 bits per heavy atom. The van der Waals surface area contributed by atoms with Crippen molar-refractivity contribution in [2.75, 3.05) is 0 Å². The Kier molecular flexibility index (Phi) is 5.27. The number of benzene rings is 2. The number of hydrogen-bond acceptors (Lipinski definition) is 5. The first-order chi connectivity index (χ1) is 14.0. The molecule has 0 bridgehead atoms. The second kappa shape index (κ2) is 8.01. The summed E-state index contributed by atoms with van der Waals surface area (Å²) in [6.07, 6.45) is 0.413. The van der Waals surface area contributed by atoms with Gasteiger partial charge < -0.3 is 4.74 Å². The van der Waals surface area contributed by atoms with E-state index in [4.69, 9.17) is 16.3 Å². The number of para-hydroxylation sites is 2. The molecule has 0 amide bonds. The zero-order valence-electron chi connectivity index (χ0n) is 15.8. The molecule has 0 fully saturated rings. The van der Waals surface area contributed by atoms with Gasteiger partial charge in [0.1, 0.15) is 17.6 Å². The lowest BCUT2D eigenvalue weighted by atomic mass is 10.2. The first-order valence-electron chi connectivity index (χ1n) is 9.17. The fourth-order valence-corrected chi connectivity index (χ4v) is 3.37. The minimum Gasteiger partial charge on any atom is -0.461 e. The molecule has 2 aromatic heterocycles. The van der Waals surface area contributed by atoms with Crippen LogP contribution in [0.25, 0.3) is 21.8 Å². The molecule has 146 valence electrons. The zero-order valence-corrected chi connectivity index (χ0v) is 16.5. The number of nitrogens with zero attached hydrogens (tertiary/aromatic N) is 3. The molecule has 0 aliphatic rings. The van der Waals surface area contributed by atoms with Crippen molar-refractivity contribution in [1.82, 2.24) is 14.5 Å². The van der Waals surface area contributed by atoms with Gasteiger partial charge in [-0.25, -0.2) is 9.97 Å². The number of carbonyl (C=O) groups is 1. The summed E-state index contributed by atoms with van der Waals surface area (Å²) in [5, 5.41) is 1.80. The third kappa shape index (κ3) is 3.98. The van der Waals surface area contributed by atoms with E-state index in [1.807, 2.05) is 36.4 Å². The average Bonchev–Trinajstić information content (AvgIpc) is 2.73. The number of halogens is 1. The van der Waals surface area contributed by atoms with Crippen molar-refractivity contribution < 1.29 is 9.53 Å². The van der Waals surface area contributed by atoms with Gasteiger partial charge in [-0.15, -0.1) is 0 Å². The maximum atomic E-state index is 12.4. The molecule has 7 heteroatoms. The van der Waals surface area contributed by atoms with Crippen LogP contribution in [0.15, 0.2) is 59.4 Å². The molecule has 29 heavy (non-hydrogen) atoms. The zero-order chi connectivity index (χ0) is 20.4. The van der Waals surface area contributed by atoms with Gasteiger partial charge in [0, 0.05) is 24.4 Å². The van der Waals surface area contributed by atoms with Gasteiger partial charge in [-0.05, 0) is 24.3 Å². The number of ether oxygens (including phenoxy) is 1. The van der Waals surface area contributed by atoms with E-state index in [-0.39, 0.29) is 18.6 Å². The molecule has 0 N–H and O–H groups in total. The number of esters is 1. The van der Waals surface area contributed by atoms with Crippen LogP contribution in [-0.2, 0) is 29.6 Å². The normalized spacial score (nSPS) is 11.1. The fraction of sp³-hybridized carbons (Fsp3) is 0.182. The molecule has 0 aliphatic heterocycles. The highest BCUT2D eigenvalue weighted by molar-refractivity contribution is 6.30. The molecule has 0 radical (unpaired) electrons. The van der Waals surface area contributed by atoms with Crippen molar-refractivity contribution in [3.05, 3.63) is 81.5 Å². The third-order valence-electron chi connectivity index (χ3n) is 4.77. The number of fused-ring (bicyclic) bond motifs is 2. The number of carbonyl (C=O) groups excluding carboxylic acids is 1. The molecule has 0 aliphatic carbocycles. The van der Waals surface area contributed by atoms with Gasteiger partial charge in [0.25, 0.3) is 5.56 Å². The van der Waals surface area contributed by atoms with Crippen LogP contribution in [0.2, 0.25) is 5.15 Å². The second-order valence-electron chi connectivity index (χ2n) is 6.70. The topological polar surface area (TPSA) is 74.1 Å². The van der Waals surface area contributed by atoms with Crippen molar-refractivity contribution in [2.45, 2.75) is 19.4 Å². The minimum absolute atomic E-state index is 0.0413. The summed E-state index contributed by atoms with van der Waals surface area (Å²) >= 11 is 6.20. The Balaban J connectivity index is 1.43. The first kappa shape index (κ1) is 19.1. The van der Waals surface area contributed by atoms with Gasteiger partial charge in [0.2, 0.25) is 0 Å². The van der Waals surface area contributed by atoms with Gasteiger partial charge >= 0.3 is 5.97 Å². The van der Waals surface area contributed by atoms with Crippen LogP contribution in [0.4, 0.5) is 0 Å². The largest absolute Gasteiger partial charge is 0.461 e. The summed E-state index contributed by atoms with van der Waals surface area (Å²) in [6, 6.07) is 16.6. The number of aromatic nitrogens is 3. The van der Waals surface area contributed by atoms with E-state index in [0.29, 0.717) is 33.9 Å². The monoisotopic (exact) mass is 407 g/mol. The van der Waals surface area contributed by atoms with E-state index < -0.39 is 5.97 Å². The highest BCUT2D eigenvalue weighted by Crippen LogP contribution is 2.21. The Morgan fingerprint density at radius 2 is 1.79 bits per heavy atom. The molecule has 6 nitrogen and oxygen atoms in total. The quantitative estimate of drug-likeness (QED) is 0.371. The van der Waals surface area contributed by atoms with Crippen LogP contribution in [0.1, 0.15) is 17.8 Å². The predicted molar refractivity (Wildman–Crippen MR) is 112 cm³/mol. The lowest BCUT2D eigenvalue weighted by Gasteiger charge is -2.10. The van der Waals surface area contributed by atoms with Crippen LogP contribution in [-0.4, -0.2) is 20.5 Å². The van der Waals surface area contributed by atoms with Crippen LogP contribution < -0.4 is 5.56 Å². The molecule has 0 saturated carbocycles. The van der Waals surface area contributed by atoms with Crippen LogP contribution >= 0.6 is 11.6 Å². The first-order valence-corrected chi connectivity index (χ1v) is 9.55. The van der Waals surface area contributed by atoms with E-state index in [1.165, 1.54) is 4.57 Å². The van der Waals surface area contributed by atoms with Crippen molar-refractivity contribution in [3.8, 4) is 0 Å². The molecule has 2 aromatic carbocycles. The van der Waals surface area contributed by atoms with Gasteiger partial charge in [-0.1, -0.05) is 41.9 Å². The third-order valence-corrected chi connectivity index (χ3v) is 5.09. The molecule has 0 unspecified atom stereocenters. The maximum absolute atomic E-state index is 12.4. The summed E-state index contributed by atoms with van der Waals surface area (Å²) in [6.45, 7) is 0.0413. The summed E-state index contributed by atoms with van der Waals surface area (Å²) in [5.74, 6) is 0.146. The van der Waals surface area contributed by atoms with E-state index in [1.54, 1.807) is 25.2 Å². The lowest BCUT2D eigenvalue weighted by molar-refractivity contribution is -0.144. The standard InChI is InChI=1S/C22H18ClN3O3/c1-26-19(24-18-9-5-3-7-16(18)22(26)28)10-11-20(27)29-13-15-12-14-6-2-4-8-17(14)25-21(15)23/h2-9,12H,10-11,13H2,1H3. The summed E-state index contributed by atoms with van der Waals surface area (Å²) in [7, 11) is 1.66. The Hall–Kier alpha value is -3.25. The minimum atomic E-state index is -0.392. The van der Waals surface area contributed by atoms with Crippen LogP contribution in [0, 0.1) is 0 Å². The predicted octanol–water partition coefficient (Wildman–Crippen LogP) is 3.81.